The van der Waals surface area contributed by atoms with Crippen molar-refractivity contribution >= 4 is 51.8 Å². The predicted molar refractivity (Wildman–Crippen MR) is 121 cm³/mol. The lowest BCUT2D eigenvalue weighted by atomic mass is 9.93. The van der Waals surface area contributed by atoms with Crippen molar-refractivity contribution in [1.29, 1.82) is 0 Å². The molecule has 0 saturated heterocycles. The maximum Gasteiger partial charge on any atom is 0.251 e. The van der Waals surface area contributed by atoms with Crippen LogP contribution in [0.2, 0.25) is 10.0 Å². The zero-order valence-corrected chi connectivity index (χ0v) is 18.4. The van der Waals surface area contributed by atoms with Crippen molar-refractivity contribution in [3.8, 4) is 0 Å². The molecule has 1 saturated carbocycles. The summed E-state index contributed by atoms with van der Waals surface area (Å²) in [5.41, 5.74) is 2.82. The van der Waals surface area contributed by atoms with Crippen molar-refractivity contribution in [2.75, 3.05) is 12.4 Å². The minimum Gasteiger partial charge on any atom is -0.381 e. The van der Waals surface area contributed by atoms with E-state index < -0.39 is 0 Å². The molecule has 0 atom stereocenters. The molecule has 3 aromatic rings. The number of imidazole rings is 1. The molecule has 0 bridgehead atoms. The molecular formula is C22H24Cl2N4O2. The fourth-order valence-corrected chi connectivity index (χ4v) is 4.39. The van der Waals surface area contributed by atoms with Crippen molar-refractivity contribution in [1.82, 2.24) is 14.9 Å². The van der Waals surface area contributed by atoms with Crippen LogP contribution < -0.4 is 10.6 Å². The number of halogens is 2. The average Bonchev–Trinajstić information content (AvgIpc) is 3.06. The highest BCUT2D eigenvalue weighted by Crippen LogP contribution is 2.33. The molecule has 158 valence electrons. The number of amides is 1. The Bertz CT molecular complexity index is 1050. The van der Waals surface area contributed by atoms with E-state index in [9.17, 15) is 4.79 Å². The number of para-hydroxylation sites is 1. The summed E-state index contributed by atoms with van der Waals surface area (Å²) in [6.45, 7) is 0. The van der Waals surface area contributed by atoms with Crippen LogP contribution in [0.1, 0.15) is 36.0 Å². The standard InChI is InChI=1S/C22H24Cl2N4O2/c1-28-19-11-6-13(21(29)25-14-7-9-15(30-2)10-8-14)12-18(19)26-22(28)27-20-16(23)4-3-5-17(20)24/h3-6,11-12,14-15H,7-10H2,1-2H3,(H,25,29)(H,26,27). The van der Waals surface area contributed by atoms with Gasteiger partial charge in [-0.2, -0.15) is 0 Å². The summed E-state index contributed by atoms with van der Waals surface area (Å²) in [5.74, 6) is 0.516. The third-order valence-electron chi connectivity index (χ3n) is 5.69. The summed E-state index contributed by atoms with van der Waals surface area (Å²) in [6.07, 6.45) is 4.12. The highest BCUT2D eigenvalue weighted by Gasteiger charge is 2.23. The van der Waals surface area contributed by atoms with Crippen molar-refractivity contribution in [2.45, 2.75) is 37.8 Å². The topological polar surface area (TPSA) is 68.2 Å². The van der Waals surface area contributed by atoms with Gasteiger partial charge in [-0.25, -0.2) is 4.98 Å². The Kier molecular flexibility index (Phi) is 6.18. The molecule has 2 aromatic carbocycles. The van der Waals surface area contributed by atoms with Gasteiger partial charge in [0.2, 0.25) is 5.95 Å². The second-order valence-electron chi connectivity index (χ2n) is 7.60. The minimum absolute atomic E-state index is 0.0768. The van der Waals surface area contributed by atoms with Gasteiger partial charge in [-0.15, -0.1) is 0 Å². The average molecular weight is 447 g/mol. The van der Waals surface area contributed by atoms with Gasteiger partial charge in [0.25, 0.3) is 5.91 Å². The highest BCUT2D eigenvalue weighted by atomic mass is 35.5. The number of carbonyl (C=O) groups excluding carboxylic acids is 1. The molecule has 0 spiro atoms. The number of aryl methyl sites for hydroxylation is 1. The van der Waals surface area contributed by atoms with Crippen LogP contribution in [0, 0.1) is 0 Å². The monoisotopic (exact) mass is 446 g/mol. The number of carbonyl (C=O) groups is 1. The number of anilines is 2. The van der Waals surface area contributed by atoms with Crippen LogP contribution in [-0.2, 0) is 11.8 Å². The first-order chi connectivity index (χ1) is 14.5. The summed E-state index contributed by atoms with van der Waals surface area (Å²) < 4.78 is 7.31. The van der Waals surface area contributed by atoms with E-state index in [0.717, 1.165) is 36.7 Å². The molecule has 2 N–H and O–H groups in total. The number of nitrogens with one attached hydrogen (secondary N) is 2. The van der Waals surface area contributed by atoms with E-state index in [-0.39, 0.29) is 11.9 Å². The molecule has 1 fully saturated rings. The van der Waals surface area contributed by atoms with Gasteiger partial charge in [0, 0.05) is 25.8 Å². The van der Waals surface area contributed by atoms with Crippen LogP contribution in [0.4, 0.5) is 11.6 Å². The smallest absolute Gasteiger partial charge is 0.251 e. The van der Waals surface area contributed by atoms with Gasteiger partial charge < -0.3 is 19.9 Å². The van der Waals surface area contributed by atoms with Gasteiger partial charge in [0.05, 0.1) is 32.9 Å². The zero-order valence-electron chi connectivity index (χ0n) is 16.9. The third-order valence-corrected chi connectivity index (χ3v) is 6.32. The fourth-order valence-electron chi connectivity index (χ4n) is 3.89. The summed E-state index contributed by atoms with van der Waals surface area (Å²) in [4.78, 5) is 17.4. The Morgan fingerprint density at radius 3 is 2.50 bits per heavy atom. The summed E-state index contributed by atoms with van der Waals surface area (Å²) in [6, 6.07) is 11.0. The molecule has 0 aliphatic heterocycles. The second kappa shape index (κ2) is 8.84. The van der Waals surface area contributed by atoms with Crippen LogP contribution in [0.15, 0.2) is 36.4 Å². The van der Waals surface area contributed by atoms with Crippen molar-refractivity contribution in [2.24, 2.45) is 7.05 Å². The molecule has 1 aromatic heterocycles. The molecule has 4 rings (SSSR count). The second-order valence-corrected chi connectivity index (χ2v) is 8.42. The number of aromatic nitrogens is 2. The molecule has 1 aliphatic rings. The van der Waals surface area contributed by atoms with Crippen LogP contribution in [0.25, 0.3) is 11.0 Å². The van der Waals surface area contributed by atoms with Crippen LogP contribution in [0.3, 0.4) is 0 Å². The Hall–Kier alpha value is -2.28. The number of methoxy groups -OCH3 is 1. The van der Waals surface area contributed by atoms with E-state index in [1.54, 1.807) is 25.3 Å². The molecule has 0 unspecified atom stereocenters. The van der Waals surface area contributed by atoms with Crippen molar-refractivity contribution in [3.63, 3.8) is 0 Å². The number of rotatable bonds is 5. The Balaban J connectivity index is 1.52. The molecule has 1 heterocycles. The summed E-state index contributed by atoms with van der Waals surface area (Å²) in [7, 11) is 3.64. The van der Waals surface area contributed by atoms with Crippen LogP contribution >= 0.6 is 23.2 Å². The van der Waals surface area contributed by atoms with E-state index in [1.165, 1.54) is 0 Å². The maximum atomic E-state index is 12.8. The van der Waals surface area contributed by atoms with Crippen LogP contribution in [-0.4, -0.2) is 34.7 Å². The van der Waals surface area contributed by atoms with Gasteiger partial charge >= 0.3 is 0 Å². The largest absolute Gasteiger partial charge is 0.381 e. The minimum atomic E-state index is -0.0768. The Morgan fingerprint density at radius 1 is 1.13 bits per heavy atom. The predicted octanol–water partition coefficient (Wildman–Crippen LogP) is 5.31. The molecule has 1 aliphatic carbocycles. The number of fused-ring (bicyclic) bond motifs is 1. The van der Waals surface area contributed by atoms with E-state index in [1.807, 2.05) is 29.8 Å². The molecular weight excluding hydrogens is 423 g/mol. The first kappa shape index (κ1) is 21.0. The number of ether oxygens (including phenoxy) is 1. The lowest BCUT2D eigenvalue weighted by molar-refractivity contribution is 0.0599. The van der Waals surface area contributed by atoms with Crippen LogP contribution in [0.5, 0.6) is 0 Å². The fraction of sp³-hybridized carbons (Fsp3) is 0.364. The molecule has 1 amide bonds. The normalized spacial score (nSPS) is 19.1. The lowest BCUT2D eigenvalue weighted by Gasteiger charge is -2.28. The summed E-state index contributed by atoms with van der Waals surface area (Å²) >= 11 is 12.5. The summed E-state index contributed by atoms with van der Waals surface area (Å²) in [5, 5.41) is 7.36. The molecule has 6 nitrogen and oxygen atoms in total. The number of benzene rings is 2. The van der Waals surface area contributed by atoms with E-state index in [2.05, 4.69) is 15.6 Å². The molecule has 8 heteroatoms. The number of nitrogens with zero attached hydrogens (tertiary/aromatic N) is 2. The zero-order chi connectivity index (χ0) is 21.3. The highest BCUT2D eigenvalue weighted by molar-refractivity contribution is 6.39. The third kappa shape index (κ3) is 4.26. The lowest BCUT2D eigenvalue weighted by Crippen LogP contribution is -2.38. The van der Waals surface area contributed by atoms with Gasteiger partial charge in [-0.3, -0.25) is 4.79 Å². The van der Waals surface area contributed by atoms with E-state index in [4.69, 9.17) is 27.9 Å². The number of hydrogen-bond donors (Lipinski definition) is 2. The maximum absolute atomic E-state index is 12.8. The molecule has 0 radical (unpaired) electrons. The van der Waals surface area contributed by atoms with E-state index in [0.29, 0.717) is 33.3 Å². The van der Waals surface area contributed by atoms with Gasteiger partial charge in [-0.1, -0.05) is 29.3 Å². The molecule has 30 heavy (non-hydrogen) atoms. The van der Waals surface area contributed by atoms with Crippen molar-refractivity contribution < 1.29 is 9.53 Å². The van der Waals surface area contributed by atoms with Gasteiger partial charge in [0.1, 0.15) is 0 Å². The van der Waals surface area contributed by atoms with Gasteiger partial charge in [-0.05, 0) is 56.0 Å². The number of hydrogen-bond acceptors (Lipinski definition) is 4. The first-order valence-electron chi connectivity index (χ1n) is 9.97. The quantitative estimate of drug-likeness (QED) is 0.556. The van der Waals surface area contributed by atoms with Gasteiger partial charge in [0.15, 0.2) is 0 Å². The Labute approximate surface area is 185 Å². The Morgan fingerprint density at radius 2 is 1.83 bits per heavy atom. The van der Waals surface area contributed by atoms with Crippen molar-refractivity contribution in [3.05, 3.63) is 52.0 Å². The van der Waals surface area contributed by atoms with E-state index >= 15 is 0 Å². The first-order valence-corrected chi connectivity index (χ1v) is 10.7. The SMILES string of the molecule is COC1CCC(NC(=O)c2ccc3c(c2)nc(Nc2c(Cl)cccc2Cl)n3C)CC1.